The Labute approximate surface area is 221 Å². The first-order valence-electron chi connectivity index (χ1n) is 11.7. The van der Waals surface area contributed by atoms with E-state index in [1.807, 2.05) is 46.6 Å². The maximum Gasteiger partial charge on any atom is 0.492 e. The van der Waals surface area contributed by atoms with Gasteiger partial charge in [0.2, 0.25) is 0 Å². The van der Waals surface area contributed by atoms with Gasteiger partial charge >= 0.3 is 12.1 Å². The molecule has 0 unspecified atom stereocenters. The zero-order valence-corrected chi connectivity index (χ0v) is 21.1. The number of rotatable bonds is 4. The Bertz CT molecular complexity index is 1230. The van der Waals surface area contributed by atoms with Crippen molar-refractivity contribution in [1.29, 1.82) is 0 Å². The zero-order chi connectivity index (χ0) is 26.2. The van der Waals surface area contributed by atoms with Crippen molar-refractivity contribution in [2.24, 2.45) is 0 Å². The number of carbonyl (C=O) groups is 1. The topological polar surface area (TPSA) is 60.0 Å². The summed E-state index contributed by atoms with van der Waals surface area (Å²) in [5.41, 5.74) is 2.66. The Morgan fingerprint density at radius 1 is 1.00 bits per heavy atom. The predicted molar refractivity (Wildman–Crippen MR) is 132 cm³/mol. The fourth-order valence-electron chi connectivity index (χ4n) is 4.64. The highest BCUT2D eigenvalue weighted by Gasteiger charge is 2.66. The van der Waals surface area contributed by atoms with E-state index >= 15 is 0 Å². The van der Waals surface area contributed by atoms with E-state index in [1.54, 1.807) is 0 Å². The molecule has 2 aromatic rings. The van der Waals surface area contributed by atoms with Crippen LogP contribution in [0.15, 0.2) is 59.3 Å². The molecule has 1 amide bonds. The molecule has 0 spiro atoms. The lowest BCUT2D eigenvalue weighted by Gasteiger charge is -2.37. The van der Waals surface area contributed by atoms with Crippen molar-refractivity contribution in [3.63, 3.8) is 0 Å². The van der Waals surface area contributed by atoms with Gasteiger partial charge in [0, 0.05) is 36.5 Å². The van der Waals surface area contributed by atoms with E-state index in [4.69, 9.17) is 37.4 Å². The maximum absolute atomic E-state index is 14.3. The van der Waals surface area contributed by atoms with Crippen LogP contribution in [0.25, 0.3) is 6.08 Å². The molecule has 196 valence electrons. The Balaban J connectivity index is 1.53. The number of allylic oxidation sites excluding steroid dienone is 1. The van der Waals surface area contributed by atoms with Gasteiger partial charge in [-0.25, -0.2) is 0 Å². The van der Waals surface area contributed by atoms with E-state index in [2.05, 4.69) is 0 Å². The van der Waals surface area contributed by atoms with Gasteiger partial charge in [0.15, 0.2) is 11.5 Å². The van der Waals surface area contributed by atoms with Gasteiger partial charge in [0.05, 0.1) is 23.3 Å². The number of benzene rings is 2. The van der Waals surface area contributed by atoms with Crippen LogP contribution < -0.4 is 14.8 Å². The number of ether oxygens (including phenoxy) is 3. The van der Waals surface area contributed by atoms with Crippen LogP contribution in [-0.4, -0.2) is 49.2 Å². The van der Waals surface area contributed by atoms with Gasteiger partial charge in [-0.3, -0.25) is 10.1 Å². The van der Waals surface area contributed by atoms with Crippen molar-refractivity contribution in [3.8, 4) is 11.5 Å². The maximum atomic E-state index is 14.3. The van der Waals surface area contributed by atoms with Crippen LogP contribution in [-0.2, 0) is 9.53 Å². The number of fused-ring (bicyclic) bond motifs is 1. The molecule has 0 aromatic heterocycles. The first-order chi connectivity index (χ1) is 17.7. The van der Waals surface area contributed by atoms with Gasteiger partial charge in [0.25, 0.3) is 5.91 Å². The summed E-state index contributed by atoms with van der Waals surface area (Å²) in [4.78, 5) is 15.6. The third-order valence-corrected chi connectivity index (χ3v) is 7.07. The van der Waals surface area contributed by atoms with Crippen molar-refractivity contribution in [2.45, 2.75) is 31.3 Å². The third kappa shape index (κ3) is 5.12. The molecule has 0 bridgehead atoms. The van der Waals surface area contributed by atoms with Crippen molar-refractivity contribution >= 4 is 35.2 Å². The lowest BCUT2D eigenvalue weighted by molar-refractivity contribution is -0.319. The van der Waals surface area contributed by atoms with E-state index in [0.29, 0.717) is 51.3 Å². The first kappa shape index (κ1) is 25.8. The molecule has 2 aliphatic heterocycles. The molecule has 0 radical (unpaired) electrons. The summed E-state index contributed by atoms with van der Waals surface area (Å²) in [6, 6.07) is 11.8. The minimum absolute atomic E-state index is 0.00592. The molecular weight excluding hydrogens is 532 g/mol. The zero-order valence-electron chi connectivity index (χ0n) is 19.5. The summed E-state index contributed by atoms with van der Waals surface area (Å²) in [6.45, 7) is 1.93. The van der Waals surface area contributed by atoms with Gasteiger partial charge in [-0.2, -0.15) is 13.2 Å². The van der Waals surface area contributed by atoms with E-state index in [0.717, 1.165) is 23.3 Å². The number of nitrogens with zero attached hydrogens (tertiary/aromatic N) is 1. The largest absolute Gasteiger partial charge is 0.492 e. The Kier molecular flexibility index (Phi) is 7.04. The lowest BCUT2D eigenvalue weighted by atomic mass is 9.88. The van der Waals surface area contributed by atoms with Crippen LogP contribution >= 0.6 is 23.2 Å². The summed E-state index contributed by atoms with van der Waals surface area (Å²) in [5, 5.41) is 1.99. The quantitative estimate of drug-likeness (QED) is 0.506. The minimum Gasteiger partial charge on any atom is -0.424 e. The second-order valence-corrected chi connectivity index (χ2v) is 9.66. The van der Waals surface area contributed by atoms with E-state index in [-0.39, 0.29) is 27.1 Å². The molecule has 1 saturated heterocycles. The van der Waals surface area contributed by atoms with E-state index in [9.17, 15) is 18.0 Å². The molecular formula is C26H23Cl2F3N2O4. The molecule has 2 heterocycles. The van der Waals surface area contributed by atoms with Crippen LogP contribution in [0.1, 0.15) is 24.8 Å². The monoisotopic (exact) mass is 554 g/mol. The lowest BCUT2D eigenvalue weighted by Crippen LogP contribution is -2.65. The number of amides is 1. The number of nitrogens with one attached hydrogen (secondary N) is 1. The van der Waals surface area contributed by atoms with Gasteiger partial charge in [0.1, 0.15) is 0 Å². The van der Waals surface area contributed by atoms with Gasteiger partial charge in [-0.1, -0.05) is 53.5 Å². The highest BCUT2D eigenvalue weighted by molar-refractivity contribution is 6.42. The molecule has 1 fully saturated rings. The number of halogens is 5. The van der Waals surface area contributed by atoms with Gasteiger partial charge in [-0.15, -0.1) is 0 Å². The molecule has 5 rings (SSSR count). The fraction of sp³-hybridized carbons (Fsp3) is 0.346. The number of morpholine rings is 1. The number of hydrogen-bond acceptors (Lipinski definition) is 5. The van der Waals surface area contributed by atoms with E-state index < -0.39 is 18.0 Å². The standard InChI is InChI=1S/C26H23Cl2F3N2O4/c27-19-14-21-22(15-20(19)28)37-26(36-21,25(29,30)31)32-24(34)18-8-4-7-17(13-16-5-2-1-3-6-16)23(18)33-9-11-35-12-10-33/h1-3,5-6,13-15H,4,7-12H2,(H,32,34). The van der Waals surface area contributed by atoms with Gasteiger partial charge < -0.3 is 19.1 Å². The number of hydrogen-bond donors (Lipinski definition) is 1. The minimum atomic E-state index is -5.11. The average Bonchev–Trinajstić information content (AvgIpc) is 3.23. The highest BCUT2D eigenvalue weighted by atomic mass is 35.5. The summed E-state index contributed by atoms with van der Waals surface area (Å²) < 4.78 is 58.8. The van der Waals surface area contributed by atoms with E-state index in [1.165, 1.54) is 0 Å². The molecule has 0 atom stereocenters. The first-order valence-corrected chi connectivity index (χ1v) is 12.5. The molecule has 11 heteroatoms. The van der Waals surface area contributed by atoms with Crippen LogP contribution in [0, 0.1) is 0 Å². The van der Waals surface area contributed by atoms with Crippen LogP contribution in [0.3, 0.4) is 0 Å². The molecule has 3 aliphatic rings. The second kappa shape index (κ2) is 10.1. The summed E-state index contributed by atoms with van der Waals surface area (Å²) in [6.07, 6.45) is -1.57. The van der Waals surface area contributed by atoms with Crippen molar-refractivity contribution < 1.29 is 32.2 Å². The smallest absolute Gasteiger partial charge is 0.424 e. The summed E-state index contributed by atoms with van der Waals surface area (Å²) in [7, 11) is 0. The van der Waals surface area contributed by atoms with Crippen molar-refractivity contribution in [1.82, 2.24) is 10.2 Å². The Hall–Kier alpha value is -2.88. The van der Waals surface area contributed by atoms with Crippen LogP contribution in [0.2, 0.25) is 10.0 Å². The molecule has 37 heavy (non-hydrogen) atoms. The highest BCUT2D eigenvalue weighted by Crippen LogP contribution is 2.48. The average molecular weight is 555 g/mol. The second-order valence-electron chi connectivity index (χ2n) is 8.85. The third-order valence-electron chi connectivity index (χ3n) is 6.35. The normalized spacial score (nSPS) is 20.4. The Morgan fingerprint density at radius 3 is 2.22 bits per heavy atom. The molecule has 6 nitrogen and oxygen atoms in total. The Morgan fingerprint density at radius 2 is 1.62 bits per heavy atom. The molecule has 1 N–H and O–H groups in total. The fourth-order valence-corrected chi connectivity index (χ4v) is 4.95. The summed E-state index contributed by atoms with van der Waals surface area (Å²) in [5.74, 6) is -4.91. The number of carbonyl (C=O) groups excluding carboxylic acids is 1. The summed E-state index contributed by atoms with van der Waals surface area (Å²) >= 11 is 11.9. The molecule has 1 aliphatic carbocycles. The molecule has 0 saturated carbocycles. The van der Waals surface area contributed by atoms with Crippen molar-refractivity contribution in [3.05, 3.63) is 74.9 Å². The molecule has 2 aromatic carbocycles. The SMILES string of the molecule is O=C(NC1(C(F)(F)F)Oc2cc(Cl)c(Cl)cc2O1)C1=C(N2CCOCC2)C(=Cc2ccccc2)CCC1. The van der Waals surface area contributed by atoms with Gasteiger partial charge in [-0.05, 0) is 36.5 Å². The van der Waals surface area contributed by atoms with Crippen LogP contribution in [0.4, 0.5) is 13.2 Å². The van der Waals surface area contributed by atoms with Crippen LogP contribution in [0.5, 0.6) is 11.5 Å². The predicted octanol–water partition coefficient (Wildman–Crippen LogP) is 5.95. The number of alkyl halides is 3. The van der Waals surface area contributed by atoms with Crippen molar-refractivity contribution in [2.75, 3.05) is 26.3 Å².